The SMILES string of the molecule is Cc1cc(-c2[c-]cccc2)ncc1[Si](C)(C)C.[2H]C(C)(C)c1ccnc(-c2[c-]ccc3c2sc2ccc(C)cc23)c1.[Ir]. The van der Waals surface area contributed by atoms with Crippen molar-refractivity contribution in [2.75, 3.05) is 0 Å². The zero-order valence-electron chi connectivity index (χ0n) is 25.7. The first-order valence-corrected chi connectivity index (χ1v) is 18.0. The summed E-state index contributed by atoms with van der Waals surface area (Å²) in [6, 6.07) is 31.4. The molecule has 1 radical (unpaired) electrons. The molecule has 0 amide bonds. The van der Waals surface area contributed by atoms with Gasteiger partial charge >= 0.3 is 0 Å². The first kappa shape index (κ1) is 29.5. The summed E-state index contributed by atoms with van der Waals surface area (Å²) < 4.78 is 10.8. The number of hydrogen-bond acceptors (Lipinski definition) is 3. The van der Waals surface area contributed by atoms with E-state index in [0.29, 0.717) is 0 Å². The molecule has 0 spiro atoms. The van der Waals surface area contributed by atoms with Crippen LogP contribution in [0.3, 0.4) is 0 Å². The third kappa shape index (κ3) is 6.93. The number of pyridine rings is 2. The van der Waals surface area contributed by atoms with E-state index in [0.717, 1.165) is 28.1 Å². The van der Waals surface area contributed by atoms with Gasteiger partial charge in [-0.25, -0.2) is 0 Å². The van der Waals surface area contributed by atoms with Crippen molar-refractivity contribution < 1.29 is 21.5 Å². The van der Waals surface area contributed by atoms with Crippen molar-refractivity contribution in [2.45, 2.75) is 53.2 Å². The van der Waals surface area contributed by atoms with Crippen LogP contribution in [-0.2, 0) is 20.1 Å². The van der Waals surface area contributed by atoms with Gasteiger partial charge in [0, 0.05) is 38.6 Å². The minimum Gasteiger partial charge on any atom is -0.305 e. The third-order valence-corrected chi connectivity index (χ3v) is 10.4. The molecule has 2 nitrogen and oxygen atoms in total. The van der Waals surface area contributed by atoms with Gasteiger partial charge in [0.1, 0.15) is 0 Å². The minimum atomic E-state index is -1.27. The van der Waals surface area contributed by atoms with Crippen molar-refractivity contribution in [3.05, 3.63) is 114 Å². The van der Waals surface area contributed by atoms with Crippen LogP contribution in [-0.4, -0.2) is 18.0 Å². The molecular weight excluding hydrogens is 713 g/mol. The number of hydrogen-bond donors (Lipinski definition) is 0. The maximum atomic E-state index is 8.27. The minimum absolute atomic E-state index is 0. The molecule has 0 unspecified atom stereocenters. The number of thiophene rings is 1. The molecule has 0 saturated heterocycles. The van der Waals surface area contributed by atoms with Gasteiger partial charge in [0.05, 0.1) is 8.07 Å². The average Bonchev–Trinajstić information content (AvgIpc) is 3.31. The second-order valence-corrected chi connectivity index (χ2v) is 17.6. The molecule has 3 aromatic heterocycles. The number of aromatic nitrogens is 2. The van der Waals surface area contributed by atoms with Gasteiger partial charge < -0.3 is 9.97 Å². The largest absolute Gasteiger partial charge is 0.305 e. The van der Waals surface area contributed by atoms with Gasteiger partial charge in [0.2, 0.25) is 0 Å². The predicted molar refractivity (Wildman–Crippen MR) is 176 cm³/mol. The van der Waals surface area contributed by atoms with E-state index in [2.05, 4.69) is 98.2 Å². The van der Waals surface area contributed by atoms with Crippen LogP contribution in [0.2, 0.25) is 19.6 Å². The van der Waals surface area contributed by atoms with Crippen molar-refractivity contribution in [3.63, 3.8) is 0 Å². The zero-order chi connectivity index (χ0) is 29.4. The average molecular weight is 750 g/mol. The molecule has 0 aliphatic heterocycles. The van der Waals surface area contributed by atoms with Crippen LogP contribution in [0, 0.1) is 26.0 Å². The monoisotopic (exact) mass is 750 g/mol. The standard InChI is InChI=1S/C21H18NS.C15H18NSi.Ir/c1-13(2)15-9-10-22-19(12-15)17-6-4-5-16-18-11-14(3)7-8-20(18)23-21(16)17;1-12-10-14(13-8-6-5-7-9-13)16-11-15(12)17(2,3)4;/h4-5,7-13H,1-3H3;5-8,10-11H,1-4H3;/q2*-1;/i13D;;. The van der Waals surface area contributed by atoms with Gasteiger partial charge in [-0.1, -0.05) is 79.8 Å². The third-order valence-electron chi connectivity index (χ3n) is 7.08. The Morgan fingerprint density at radius 3 is 2.34 bits per heavy atom. The van der Waals surface area contributed by atoms with Crippen LogP contribution < -0.4 is 5.19 Å². The van der Waals surface area contributed by atoms with Crippen molar-refractivity contribution in [2.24, 2.45) is 0 Å². The second kappa shape index (κ2) is 12.9. The Morgan fingerprint density at radius 2 is 1.66 bits per heavy atom. The van der Waals surface area contributed by atoms with Crippen LogP contribution in [0.15, 0.2) is 85.2 Å². The maximum absolute atomic E-state index is 8.27. The maximum Gasteiger partial charge on any atom is 0.0798 e. The van der Waals surface area contributed by atoms with Crippen LogP contribution in [0.25, 0.3) is 42.7 Å². The number of aryl methyl sites for hydroxylation is 2. The molecule has 0 aliphatic rings. The molecule has 211 valence electrons. The Hall–Kier alpha value is -2.95. The fraction of sp³-hybridized carbons (Fsp3) is 0.222. The zero-order valence-corrected chi connectivity index (χ0v) is 28.9. The fourth-order valence-electron chi connectivity index (χ4n) is 4.97. The topological polar surface area (TPSA) is 25.8 Å². The van der Waals surface area contributed by atoms with E-state index in [1.165, 1.54) is 36.5 Å². The Balaban J connectivity index is 0.000000200. The molecule has 0 bridgehead atoms. The van der Waals surface area contributed by atoms with Crippen LogP contribution in [0.5, 0.6) is 0 Å². The van der Waals surface area contributed by atoms with E-state index < -0.39 is 14.0 Å². The molecule has 0 atom stereocenters. The van der Waals surface area contributed by atoms with Gasteiger partial charge in [-0.2, -0.15) is 11.3 Å². The molecule has 0 saturated carbocycles. The van der Waals surface area contributed by atoms with Crippen LogP contribution in [0.1, 0.15) is 37.8 Å². The molecule has 6 rings (SSSR count). The summed E-state index contributed by atoms with van der Waals surface area (Å²) in [4.78, 5) is 9.13. The second-order valence-electron chi connectivity index (χ2n) is 11.5. The van der Waals surface area contributed by atoms with Gasteiger partial charge in [-0.3, -0.25) is 0 Å². The van der Waals surface area contributed by atoms with Crippen molar-refractivity contribution in [1.29, 1.82) is 0 Å². The summed E-state index contributed by atoms with van der Waals surface area (Å²) >= 11 is 1.79. The van der Waals surface area contributed by atoms with Gasteiger partial charge in [-0.05, 0) is 58.5 Å². The van der Waals surface area contributed by atoms with E-state index >= 15 is 0 Å². The van der Waals surface area contributed by atoms with E-state index in [1.807, 2.05) is 50.2 Å². The summed E-state index contributed by atoms with van der Waals surface area (Å²) in [7, 11) is -1.27. The van der Waals surface area contributed by atoms with Gasteiger partial charge in [-0.15, -0.1) is 59.7 Å². The number of benzene rings is 3. The smallest absolute Gasteiger partial charge is 0.0798 e. The van der Waals surface area contributed by atoms with E-state index in [1.54, 1.807) is 17.5 Å². The molecule has 0 N–H and O–H groups in total. The quantitative estimate of drug-likeness (QED) is 0.133. The molecular formula is C36H36IrN2SSi-2. The van der Waals surface area contributed by atoms with Crippen molar-refractivity contribution in [3.8, 4) is 22.5 Å². The van der Waals surface area contributed by atoms with E-state index in [4.69, 9.17) is 1.37 Å². The molecule has 3 heterocycles. The molecule has 6 aromatic rings. The molecule has 0 aliphatic carbocycles. The van der Waals surface area contributed by atoms with E-state index in [-0.39, 0.29) is 20.1 Å². The van der Waals surface area contributed by atoms with Gasteiger partial charge in [0.25, 0.3) is 0 Å². The van der Waals surface area contributed by atoms with Crippen molar-refractivity contribution >= 4 is 44.8 Å². The van der Waals surface area contributed by atoms with Crippen LogP contribution >= 0.6 is 11.3 Å². The Morgan fingerprint density at radius 1 is 0.854 bits per heavy atom. The number of fused-ring (bicyclic) bond motifs is 3. The molecule has 5 heteroatoms. The Labute approximate surface area is 264 Å². The van der Waals surface area contributed by atoms with Crippen LogP contribution in [0.4, 0.5) is 0 Å². The first-order chi connectivity index (χ1) is 19.4. The summed E-state index contributed by atoms with van der Waals surface area (Å²) in [6.45, 7) is 15.2. The first-order valence-electron chi connectivity index (χ1n) is 14.2. The number of nitrogens with zero attached hydrogens (tertiary/aromatic N) is 2. The summed E-state index contributed by atoms with van der Waals surface area (Å²) in [5.41, 5.74) is 7.59. The summed E-state index contributed by atoms with van der Waals surface area (Å²) in [5, 5.41) is 3.99. The van der Waals surface area contributed by atoms with E-state index in [9.17, 15) is 0 Å². The van der Waals surface area contributed by atoms with Crippen molar-refractivity contribution in [1.82, 2.24) is 9.97 Å². The normalized spacial score (nSPS) is 11.9. The molecule has 41 heavy (non-hydrogen) atoms. The van der Waals surface area contributed by atoms with Gasteiger partial charge in [0.15, 0.2) is 0 Å². The number of rotatable bonds is 4. The Bertz CT molecular complexity index is 1840. The summed E-state index contributed by atoms with van der Waals surface area (Å²) in [6.07, 6.45) is 3.85. The Kier molecular flexibility index (Phi) is 9.30. The fourth-order valence-corrected chi connectivity index (χ4v) is 7.86. The predicted octanol–water partition coefficient (Wildman–Crippen LogP) is 9.75. The molecule has 3 aromatic carbocycles. The molecule has 0 fully saturated rings. The summed E-state index contributed by atoms with van der Waals surface area (Å²) in [5.74, 6) is -0.636.